The van der Waals surface area contributed by atoms with Crippen molar-refractivity contribution < 1.29 is 24.5 Å². The Morgan fingerprint density at radius 3 is 2.11 bits per heavy atom. The van der Waals surface area contributed by atoms with Crippen LogP contribution in [-0.4, -0.2) is 49.9 Å². The molecule has 0 spiro atoms. The van der Waals surface area contributed by atoms with Gasteiger partial charge in [-0.1, -0.05) is 18.7 Å². The molecule has 0 aliphatic rings. The Morgan fingerprint density at radius 1 is 0.892 bits per heavy atom. The fraction of sp³-hybridized carbons (Fsp3) is 0.148. The van der Waals surface area contributed by atoms with Gasteiger partial charge in [-0.2, -0.15) is 0 Å². The van der Waals surface area contributed by atoms with Crippen molar-refractivity contribution >= 4 is 29.1 Å². The minimum absolute atomic E-state index is 0.0444. The number of ketones is 1. The molecule has 0 saturated heterocycles. The van der Waals surface area contributed by atoms with Crippen LogP contribution in [-0.2, 0) is 4.79 Å². The molecule has 188 valence electrons. The van der Waals surface area contributed by atoms with Crippen molar-refractivity contribution in [1.82, 2.24) is 15.2 Å². The molecule has 3 N–H and O–H groups in total. The summed E-state index contributed by atoms with van der Waals surface area (Å²) in [6, 6.07) is 17.9. The number of ether oxygens (including phenoxy) is 1. The molecular weight excluding hydrogens is 492 g/mol. The average Bonchev–Trinajstić information content (AvgIpc) is 2.92. The number of nitrogens with one attached hydrogen (secondary N) is 1. The van der Waals surface area contributed by atoms with E-state index in [-0.39, 0.29) is 28.9 Å². The van der Waals surface area contributed by atoms with Crippen molar-refractivity contribution in [3.63, 3.8) is 0 Å². The van der Waals surface area contributed by atoms with E-state index in [0.717, 1.165) is 11.8 Å². The lowest BCUT2D eigenvalue weighted by Gasteiger charge is -2.11. The molecule has 1 aromatic heterocycles. The summed E-state index contributed by atoms with van der Waals surface area (Å²) in [5.74, 6) is 0.373. The number of hydrogen-bond acceptors (Lipinski definition) is 9. The van der Waals surface area contributed by atoms with Gasteiger partial charge in [0.15, 0.2) is 5.78 Å². The smallest absolute Gasteiger partial charge is 0.224 e. The van der Waals surface area contributed by atoms with Gasteiger partial charge >= 0.3 is 0 Å². The Morgan fingerprint density at radius 2 is 1.51 bits per heavy atom. The number of Topliss-reactive ketones (excluding diaryl/α,β-unsaturated/α-hetero) is 1. The average molecular weight is 517 g/mol. The van der Waals surface area contributed by atoms with Gasteiger partial charge in [0.05, 0.1) is 18.6 Å². The number of aromatic nitrogens is 3. The molecule has 0 saturated carbocycles. The van der Waals surface area contributed by atoms with Crippen molar-refractivity contribution in [2.45, 2.75) is 18.5 Å². The third-order valence-electron chi connectivity index (χ3n) is 5.40. The topological polar surface area (TPSA) is 135 Å². The van der Waals surface area contributed by atoms with Crippen LogP contribution in [0.1, 0.15) is 23.7 Å². The van der Waals surface area contributed by atoms with Gasteiger partial charge < -0.3 is 20.3 Å². The summed E-state index contributed by atoms with van der Waals surface area (Å²) in [5, 5.41) is 30.9. The Labute approximate surface area is 217 Å². The molecule has 1 amide bonds. The zero-order valence-corrected chi connectivity index (χ0v) is 21.0. The fourth-order valence-electron chi connectivity index (χ4n) is 3.44. The first-order valence-electron chi connectivity index (χ1n) is 11.4. The SMILES string of the molecule is CCC(=O)Nc1cc(C(=O)CSc2nnc(-c3ccc(O)cc3)c(-c3ccc(O)cc3)n2)ccc1OC. The van der Waals surface area contributed by atoms with Crippen LogP contribution in [0.4, 0.5) is 5.69 Å². The molecule has 0 bridgehead atoms. The van der Waals surface area contributed by atoms with Gasteiger partial charge in [0.1, 0.15) is 28.6 Å². The molecule has 0 radical (unpaired) electrons. The monoisotopic (exact) mass is 516 g/mol. The van der Waals surface area contributed by atoms with Crippen LogP contribution in [0.25, 0.3) is 22.5 Å². The molecule has 10 heteroatoms. The highest BCUT2D eigenvalue weighted by Crippen LogP contribution is 2.32. The van der Waals surface area contributed by atoms with Crippen LogP contribution in [0.3, 0.4) is 0 Å². The minimum atomic E-state index is -0.188. The third-order valence-corrected chi connectivity index (χ3v) is 6.24. The van der Waals surface area contributed by atoms with Crippen molar-refractivity contribution in [2.24, 2.45) is 0 Å². The van der Waals surface area contributed by atoms with Crippen molar-refractivity contribution in [3.05, 3.63) is 72.3 Å². The maximum atomic E-state index is 12.9. The molecule has 0 aliphatic heterocycles. The van der Waals surface area contributed by atoms with Crippen LogP contribution in [0, 0.1) is 0 Å². The summed E-state index contributed by atoms with van der Waals surface area (Å²) in [6.45, 7) is 1.74. The number of rotatable bonds is 9. The molecular formula is C27H24N4O5S. The Bertz CT molecular complexity index is 1430. The maximum absolute atomic E-state index is 12.9. The number of phenolic OH excluding ortho intramolecular Hbond substituents is 2. The quantitative estimate of drug-likeness (QED) is 0.209. The number of anilines is 1. The second-order valence-corrected chi connectivity index (χ2v) is 8.86. The molecule has 0 fully saturated rings. The fourth-order valence-corrected chi connectivity index (χ4v) is 4.12. The number of hydrogen-bond donors (Lipinski definition) is 3. The van der Waals surface area contributed by atoms with E-state index in [1.807, 2.05) is 0 Å². The van der Waals surface area contributed by atoms with Crippen LogP contribution in [0.15, 0.2) is 71.9 Å². The van der Waals surface area contributed by atoms with Gasteiger partial charge in [-0.3, -0.25) is 9.59 Å². The molecule has 4 rings (SSSR count). The third kappa shape index (κ3) is 6.22. The number of methoxy groups -OCH3 is 1. The first kappa shape index (κ1) is 25.6. The van der Waals surface area contributed by atoms with Gasteiger partial charge in [-0.05, 0) is 66.7 Å². The van der Waals surface area contributed by atoms with E-state index in [4.69, 9.17) is 4.74 Å². The number of thioether (sulfide) groups is 1. The summed E-state index contributed by atoms with van der Waals surface area (Å²) in [6.07, 6.45) is 0.297. The number of phenols is 2. The standard InChI is InChI=1S/C27H24N4O5S/c1-3-24(35)28-21-14-18(8-13-23(21)36-2)22(34)15-37-27-29-25(16-4-9-19(32)10-5-16)26(30-31-27)17-6-11-20(33)12-7-17/h4-14,32-33H,3,15H2,1-2H3,(H,28,35). The molecule has 1 heterocycles. The summed E-state index contributed by atoms with van der Waals surface area (Å²) in [4.78, 5) is 29.4. The lowest BCUT2D eigenvalue weighted by atomic mass is 10.0. The summed E-state index contributed by atoms with van der Waals surface area (Å²) >= 11 is 1.13. The largest absolute Gasteiger partial charge is 0.508 e. The van der Waals surface area contributed by atoms with E-state index >= 15 is 0 Å². The predicted molar refractivity (Wildman–Crippen MR) is 141 cm³/mol. The second-order valence-electron chi connectivity index (χ2n) is 7.91. The van der Waals surface area contributed by atoms with E-state index < -0.39 is 0 Å². The summed E-state index contributed by atoms with van der Waals surface area (Å²) < 4.78 is 5.28. The lowest BCUT2D eigenvalue weighted by molar-refractivity contribution is -0.115. The van der Waals surface area contributed by atoms with Gasteiger partial charge in [0, 0.05) is 23.1 Å². The van der Waals surface area contributed by atoms with E-state index in [1.54, 1.807) is 73.7 Å². The van der Waals surface area contributed by atoms with E-state index in [9.17, 15) is 19.8 Å². The Balaban J connectivity index is 1.59. The number of nitrogens with zero attached hydrogens (tertiary/aromatic N) is 3. The molecule has 0 aliphatic carbocycles. The minimum Gasteiger partial charge on any atom is -0.508 e. The Kier molecular flexibility index (Phi) is 7.99. The summed E-state index contributed by atoms with van der Waals surface area (Å²) in [7, 11) is 1.49. The van der Waals surface area contributed by atoms with Crippen molar-refractivity contribution in [2.75, 3.05) is 18.2 Å². The molecule has 9 nitrogen and oxygen atoms in total. The second kappa shape index (κ2) is 11.5. The van der Waals surface area contributed by atoms with E-state index in [1.165, 1.54) is 7.11 Å². The lowest BCUT2D eigenvalue weighted by Crippen LogP contribution is -2.12. The van der Waals surface area contributed by atoms with Gasteiger partial charge in [-0.15, -0.1) is 10.2 Å². The number of carbonyl (C=O) groups excluding carboxylic acids is 2. The molecule has 3 aromatic carbocycles. The van der Waals surface area contributed by atoms with Crippen LogP contribution < -0.4 is 10.1 Å². The van der Waals surface area contributed by atoms with Crippen molar-refractivity contribution in [1.29, 1.82) is 0 Å². The maximum Gasteiger partial charge on any atom is 0.224 e. The van der Waals surface area contributed by atoms with Gasteiger partial charge in [0.25, 0.3) is 0 Å². The normalized spacial score (nSPS) is 10.6. The molecule has 0 unspecified atom stereocenters. The van der Waals surface area contributed by atoms with Crippen LogP contribution in [0.2, 0.25) is 0 Å². The first-order chi connectivity index (χ1) is 17.9. The van der Waals surface area contributed by atoms with Gasteiger partial charge in [0.2, 0.25) is 11.1 Å². The highest BCUT2D eigenvalue weighted by Gasteiger charge is 2.17. The van der Waals surface area contributed by atoms with Crippen molar-refractivity contribution in [3.8, 4) is 39.8 Å². The van der Waals surface area contributed by atoms with Crippen LogP contribution in [0.5, 0.6) is 17.2 Å². The van der Waals surface area contributed by atoms with Gasteiger partial charge in [-0.25, -0.2) is 4.98 Å². The molecule has 0 atom stereocenters. The number of aromatic hydroxyl groups is 2. The predicted octanol–water partition coefficient (Wildman–Crippen LogP) is 4.95. The molecule has 37 heavy (non-hydrogen) atoms. The summed E-state index contributed by atoms with van der Waals surface area (Å²) in [5.41, 5.74) is 3.25. The van der Waals surface area contributed by atoms with E-state index in [0.29, 0.717) is 51.1 Å². The number of benzene rings is 3. The number of carbonyl (C=O) groups is 2. The van der Waals surface area contributed by atoms with E-state index in [2.05, 4.69) is 20.5 Å². The van der Waals surface area contributed by atoms with Crippen LogP contribution >= 0.6 is 11.8 Å². The highest BCUT2D eigenvalue weighted by molar-refractivity contribution is 7.99. The highest BCUT2D eigenvalue weighted by atomic mass is 32.2. The first-order valence-corrected chi connectivity index (χ1v) is 12.3. The number of amides is 1. The Hall–Kier alpha value is -4.44. The zero-order chi connectivity index (χ0) is 26.4. The zero-order valence-electron chi connectivity index (χ0n) is 20.1. The molecule has 4 aromatic rings.